The number of rotatable bonds is 13. The van der Waals surface area contributed by atoms with E-state index in [1.165, 1.54) is 28.5 Å². The van der Waals surface area contributed by atoms with Gasteiger partial charge in [-0.2, -0.15) is 11.8 Å². The number of nitrogens with one attached hydrogen (secondary N) is 1. The van der Waals surface area contributed by atoms with E-state index < -0.39 is 18.0 Å². The Morgan fingerprint density at radius 3 is 2.27 bits per heavy atom. The number of carboxylic acids is 1. The molecular weight excluding hydrogens is 436 g/mol. The quantitative estimate of drug-likeness (QED) is 0.266. The highest BCUT2D eigenvalue weighted by atomic mass is 32.2. The summed E-state index contributed by atoms with van der Waals surface area (Å²) in [6.07, 6.45) is 12.4. The van der Waals surface area contributed by atoms with Crippen molar-refractivity contribution in [3.05, 3.63) is 34.9 Å². The third-order valence-corrected chi connectivity index (χ3v) is 6.81. The Morgan fingerprint density at radius 2 is 1.67 bits per heavy atom. The Hall–Kier alpha value is -2.02. The number of amides is 2. The molecule has 1 saturated heterocycles. The van der Waals surface area contributed by atoms with Crippen LogP contribution < -0.4 is 5.32 Å². The Kier molecular flexibility index (Phi) is 13.8. The molecular formula is C26H42N2O4S. The summed E-state index contributed by atoms with van der Waals surface area (Å²) in [5, 5.41) is 12.1. The zero-order chi connectivity index (χ0) is 24.8. The minimum Gasteiger partial charge on any atom is -0.480 e. The molecule has 2 amide bonds. The molecule has 0 aliphatic carbocycles. The Bertz CT molecular complexity index is 753. The van der Waals surface area contributed by atoms with Crippen molar-refractivity contribution < 1.29 is 19.5 Å². The standard InChI is InChI=1S/C26H42N2O4S/c1-19(2)9-6-10-20(3)11-7-12-21(4)14-16-33-18-24(25(30)31)27-26(32)28-15-8-13-23(17-28)22(5)29/h9,11,14,23-24H,6-8,10,12-13,15-18H2,1-5H3,(H,27,32)(H,30,31)/b20-11+,21-14+. The fourth-order valence-electron chi connectivity index (χ4n) is 3.63. The van der Waals surface area contributed by atoms with E-state index in [4.69, 9.17) is 0 Å². The van der Waals surface area contributed by atoms with Crippen molar-refractivity contribution in [2.75, 3.05) is 24.6 Å². The van der Waals surface area contributed by atoms with Crippen LogP contribution in [0.4, 0.5) is 4.79 Å². The zero-order valence-corrected chi connectivity index (χ0v) is 21.8. The summed E-state index contributed by atoms with van der Waals surface area (Å²) in [4.78, 5) is 37.3. The number of carbonyl (C=O) groups is 3. The van der Waals surface area contributed by atoms with Gasteiger partial charge in [0.25, 0.3) is 0 Å². The Morgan fingerprint density at radius 1 is 1.03 bits per heavy atom. The number of nitrogens with zero attached hydrogens (tertiary/aromatic N) is 1. The fourth-order valence-corrected chi connectivity index (χ4v) is 4.63. The third kappa shape index (κ3) is 12.7. The molecule has 33 heavy (non-hydrogen) atoms. The van der Waals surface area contributed by atoms with Crippen LogP contribution in [-0.4, -0.2) is 58.4 Å². The predicted molar refractivity (Wildman–Crippen MR) is 138 cm³/mol. The van der Waals surface area contributed by atoms with E-state index in [1.807, 2.05) is 0 Å². The highest BCUT2D eigenvalue weighted by Gasteiger charge is 2.28. The molecule has 1 fully saturated rings. The summed E-state index contributed by atoms with van der Waals surface area (Å²) in [6.45, 7) is 11.0. The second kappa shape index (κ2) is 15.8. The topological polar surface area (TPSA) is 86.7 Å². The van der Waals surface area contributed by atoms with Crippen LogP contribution in [0.5, 0.6) is 0 Å². The van der Waals surface area contributed by atoms with Crippen LogP contribution in [0.3, 0.4) is 0 Å². The van der Waals surface area contributed by atoms with Gasteiger partial charge >= 0.3 is 12.0 Å². The number of piperidine rings is 1. The van der Waals surface area contributed by atoms with Crippen LogP contribution >= 0.6 is 11.8 Å². The number of hydrogen-bond donors (Lipinski definition) is 2. The number of hydrogen-bond acceptors (Lipinski definition) is 4. The lowest BCUT2D eigenvalue weighted by molar-refractivity contribution is -0.138. The predicted octanol–water partition coefficient (Wildman–Crippen LogP) is 5.60. The summed E-state index contributed by atoms with van der Waals surface area (Å²) >= 11 is 1.50. The number of carbonyl (C=O) groups excluding carboxylic acids is 2. The summed E-state index contributed by atoms with van der Waals surface area (Å²) in [6, 6.07) is -1.34. The van der Waals surface area contributed by atoms with Gasteiger partial charge in [0.2, 0.25) is 0 Å². The summed E-state index contributed by atoms with van der Waals surface area (Å²) in [5.41, 5.74) is 4.06. The molecule has 0 aromatic rings. The first kappa shape index (κ1) is 29.0. The first-order valence-electron chi connectivity index (χ1n) is 11.9. The number of carboxylic acid groups (broad SMARTS) is 1. The minimum absolute atomic E-state index is 0.0781. The fraction of sp³-hybridized carbons (Fsp3) is 0.654. The monoisotopic (exact) mass is 478 g/mol. The second-order valence-corrected chi connectivity index (χ2v) is 10.3. The third-order valence-electron chi connectivity index (χ3n) is 5.84. The maximum atomic E-state index is 12.5. The summed E-state index contributed by atoms with van der Waals surface area (Å²) < 4.78 is 0. The van der Waals surface area contributed by atoms with Crippen LogP contribution in [0.25, 0.3) is 0 Å². The lowest BCUT2D eigenvalue weighted by atomic mass is 9.95. The van der Waals surface area contributed by atoms with E-state index in [-0.39, 0.29) is 11.7 Å². The first-order chi connectivity index (χ1) is 15.6. The zero-order valence-electron chi connectivity index (χ0n) is 21.0. The van der Waals surface area contributed by atoms with Crippen molar-refractivity contribution in [2.24, 2.45) is 5.92 Å². The van der Waals surface area contributed by atoms with Crippen molar-refractivity contribution in [1.29, 1.82) is 0 Å². The van der Waals surface area contributed by atoms with Crippen molar-refractivity contribution in [3.8, 4) is 0 Å². The molecule has 1 heterocycles. The highest BCUT2D eigenvalue weighted by molar-refractivity contribution is 7.99. The lowest BCUT2D eigenvalue weighted by Crippen LogP contribution is -2.52. The number of likely N-dealkylation sites (tertiary alicyclic amines) is 1. The van der Waals surface area contributed by atoms with E-state index in [0.29, 0.717) is 24.6 Å². The van der Waals surface area contributed by atoms with Gasteiger partial charge in [-0.05, 0) is 73.1 Å². The normalized spacial score (nSPS) is 18.0. The van der Waals surface area contributed by atoms with Gasteiger partial charge in [0.05, 0.1) is 0 Å². The van der Waals surface area contributed by atoms with E-state index in [9.17, 15) is 19.5 Å². The molecule has 1 aliphatic heterocycles. The molecule has 2 unspecified atom stereocenters. The smallest absolute Gasteiger partial charge is 0.327 e. The highest BCUT2D eigenvalue weighted by Crippen LogP contribution is 2.18. The Balaban J connectivity index is 2.38. The van der Waals surface area contributed by atoms with E-state index >= 15 is 0 Å². The van der Waals surface area contributed by atoms with Gasteiger partial charge in [0.15, 0.2) is 0 Å². The van der Waals surface area contributed by atoms with E-state index in [0.717, 1.165) is 38.5 Å². The van der Waals surface area contributed by atoms with Gasteiger partial charge in [0.1, 0.15) is 11.8 Å². The van der Waals surface area contributed by atoms with Crippen LogP contribution in [0.2, 0.25) is 0 Å². The maximum Gasteiger partial charge on any atom is 0.327 e. The molecule has 2 atom stereocenters. The molecule has 186 valence electrons. The molecule has 0 bridgehead atoms. The minimum atomic E-state index is -1.04. The molecule has 1 aliphatic rings. The second-order valence-electron chi connectivity index (χ2n) is 9.23. The van der Waals surface area contributed by atoms with Gasteiger partial charge < -0.3 is 15.3 Å². The molecule has 1 rings (SSSR count). The summed E-state index contributed by atoms with van der Waals surface area (Å²) in [7, 11) is 0. The number of Topliss-reactive ketones (excluding diaryl/α,β-unsaturated/α-hetero) is 1. The summed E-state index contributed by atoms with van der Waals surface area (Å²) in [5.74, 6) is -0.0886. The molecule has 0 aromatic heterocycles. The van der Waals surface area contributed by atoms with Crippen LogP contribution in [0.15, 0.2) is 34.9 Å². The molecule has 0 radical (unpaired) electrons. The van der Waals surface area contributed by atoms with Gasteiger partial charge in [-0.15, -0.1) is 0 Å². The molecule has 0 saturated carbocycles. The SMILES string of the molecule is CC(=O)C1CCCN(C(=O)NC(CSC/C=C(\C)CC/C=C(\C)CCC=C(C)C)C(=O)O)C1. The van der Waals surface area contributed by atoms with Gasteiger partial charge in [-0.3, -0.25) is 4.79 Å². The van der Waals surface area contributed by atoms with Gasteiger partial charge in [-0.1, -0.05) is 34.9 Å². The van der Waals surface area contributed by atoms with E-state index in [2.05, 4.69) is 51.2 Å². The molecule has 0 spiro atoms. The van der Waals surface area contributed by atoms with Crippen molar-refractivity contribution in [3.63, 3.8) is 0 Å². The number of allylic oxidation sites excluding steroid dienone is 5. The van der Waals surface area contributed by atoms with Crippen molar-refractivity contribution in [1.82, 2.24) is 10.2 Å². The van der Waals surface area contributed by atoms with E-state index in [1.54, 1.807) is 11.8 Å². The molecule has 6 nitrogen and oxygen atoms in total. The lowest BCUT2D eigenvalue weighted by Gasteiger charge is -2.32. The number of thioether (sulfide) groups is 1. The van der Waals surface area contributed by atoms with Crippen LogP contribution in [-0.2, 0) is 9.59 Å². The largest absolute Gasteiger partial charge is 0.480 e. The van der Waals surface area contributed by atoms with Crippen molar-refractivity contribution >= 4 is 29.5 Å². The van der Waals surface area contributed by atoms with Crippen LogP contribution in [0, 0.1) is 5.92 Å². The maximum absolute atomic E-state index is 12.5. The van der Waals surface area contributed by atoms with Crippen molar-refractivity contribution in [2.45, 2.75) is 79.2 Å². The molecule has 0 aromatic carbocycles. The number of urea groups is 1. The average molecular weight is 479 g/mol. The van der Waals surface area contributed by atoms with Gasteiger partial charge in [-0.25, -0.2) is 9.59 Å². The van der Waals surface area contributed by atoms with Crippen LogP contribution in [0.1, 0.15) is 73.1 Å². The molecule has 2 N–H and O–H groups in total. The number of ketones is 1. The average Bonchev–Trinajstić information content (AvgIpc) is 2.75. The number of aliphatic carboxylic acids is 1. The van der Waals surface area contributed by atoms with Gasteiger partial charge in [0, 0.05) is 30.5 Å². The first-order valence-corrected chi connectivity index (χ1v) is 13.1. The Labute approximate surface area is 203 Å². The molecule has 7 heteroatoms.